The lowest BCUT2D eigenvalue weighted by Gasteiger charge is -2.16. The van der Waals surface area contributed by atoms with Gasteiger partial charge in [-0.25, -0.2) is 0 Å². The molecular weight excluding hydrogens is 252 g/mol. The standard InChI is InChI=1S/C16H26N2O2/c1-11(2)8-9-20-14-7-5-6-13(10-14)18-16(19)15(17)12(3)4/h5-7,10-12,15H,8-9,17H2,1-4H3,(H,18,19)/t15-/m0/s1. The van der Waals surface area contributed by atoms with Gasteiger partial charge in [-0.05, 0) is 30.4 Å². The molecule has 0 spiro atoms. The average molecular weight is 278 g/mol. The van der Waals surface area contributed by atoms with Gasteiger partial charge in [0.25, 0.3) is 0 Å². The lowest BCUT2D eigenvalue weighted by Crippen LogP contribution is -2.39. The smallest absolute Gasteiger partial charge is 0.241 e. The zero-order valence-corrected chi connectivity index (χ0v) is 12.8. The van der Waals surface area contributed by atoms with E-state index >= 15 is 0 Å². The van der Waals surface area contributed by atoms with Crippen molar-refractivity contribution in [3.05, 3.63) is 24.3 Å². The molecule has 0 aliphatic heterocycles. The van der Waals surface area contributed by atoms with E-state index in [0.29, 0.717) is 18.2 Å². The van der Waals surface area contributed by atoms with E-state index in [0.717, 1.165) is 12.2 Å². The van der Waals surface area contributed by atoms with Crippen molar-refractivity contribution in [2.24, 2.45) is 17.6 Å². The lowest BCUT2D eigenvalue weighted by molar-refractivity contribution is -0.118. The first-order valence-corrected chi connectivity index (χ1v) is 7.19. The maximum atomic E-state index is 11.9. The first kappa shape index (κ1) is 16.5. The summed E-state index contributed by atoms with van der Waals surface area (Å²) in [6.07, 6.45) is 1.01. The number of benzene rings is 1. The summed E-state index contributed by atoms with van der Waals surface area (Å²) in [5.74, 6) is 1.32. The summed E-state index contributed by atoms with van der Waals surface area (Å²) < 4.78 is 5.66. The number of rotatable bonds is 7. The highest BCUT2D eigenvalue weighted by Crippen LogP contribution is 2.18. The van der Waals surface area contributed by atoms with Crippen molar-refractivity contribution in [2.75, 3.05) is 11.9 Å². The third-order valence-electron chi connectivity index (χ3n) is 3.09. The van der Waals surface area contributed by atoms with Crippen LogP contribution in [0.1, 0.15) is 34.1 Å². The van der Waals surface area contributed by atoms with Gasteiger partial charge in [0.05, 0.1) is 12.6 Å². The minimum atomic E-state index is -0.500. The first-order valence-electron chi connectivity index (χ1n) is 7.19. The molecule has 0 heterocycles. The van der Waals surface area contributed by atoms with Crippen LogP contribution in [0.3, 0.4) is 0 Å². The van der Waals surface area contributed by atoms with Gasteiger partial charge in [-0.15, -0.1) is 0 Å². The molecule has 0 radical (unpaired) electrons. The predicted molar refractivity (Wildman–Crippen MR) is 82.8 cm³/mol. The summed E-state index contributed by atoms with van der Waals surface area (Å²) in [4.78, 5) is 11.9. The molecule has 0 aliphatic carbocycles. The van der Waals surface area contributed by atoms with Crippen LogP contribution in [0.2, 0.25) is 0 Å². The summed E-state index contributed by atoms with van der Waals surface area (Å²) >= 11 is 0. The van der Waals surface area contributed by atoms with Gasteiger partial charge in [0.2, 0.25) is 5.91 Å². The summed E-state index contributed by atoms with van der Waals surface area (Å²) in [6.45, 7) is 8.85. The third-order valence-corrected chi connectivity index (χ3v) is 3.09. The second kappa shape index (κ2) is 7.90. The van der Waals surface area contributed by atoms with E-state index in [4.69, 9.17) is 10.5 Å². The molecule has 1 aromatic carbocycles. The van der Waals surface area contributed by atoms with Crippen molar-refractivity contribution in [1.82, 2.24) is 0 Å². The largest absolute Gasteiger partial charge is 0.494 e. The van der Waals surface area contributed by atoms with E-state index in [2.05, 4.69) is 19.2 Å². The molecule has 0 bridgehead atoms. The van der Waals surface area contributed by atoms with Crippen LogP contribution in [-0.4, -0.2) is 18.6 Å². The Labute approximate surface area is 121 Å². The van der Waals surface area contributed by atoms with E-state index < -0.39 is 6.04 Å². The molecule has 3 N–H and O–H groups in total. The molecule has 1 rings (SSSR count). The molecule has 0 saturated carbocycles. The molecule has 4 nitrogen and oxygen atoms in total. The van der Waals surface area contributed by atoms with Crippen molar-refractivity contribution < 1.29 is 9.53 Å². The zero-order valence-electron chi connectivity index (χ0n) is 12.8. The quantitative estimate of drug-likeness (QED) is 0.805. The first-order chi connectivity index (χ1) is 9.40. The predicted octanol–water partition coefficient (Wildman–Crippen LogP) is 3.03. The van der Waals surface area contributed by atoms with Crippen molar-refractivity contribution in [2.45, 2.75) is 40.2 Å². The maximum absolute atomic E-state index is 11.9. The second-order valence-electron chi connectivity index (χ2n) is 5.82. The molecule has 0 aliphatic rings. The SMILES string of the molecule is CC(C)CCOc1cccc(NC(=O)[C@@H](N)C(C)C)c1. The van der Waals surface area contributed by atoms with Gasteiger partial charge in [-0.3, -0.25) is 4.79 Å². The van der Waals surface area contributed by atoms with Gasteiger partial charge in [0, 0.05) is 11.8 Å². The topological polar surface area (TPSA) is 64.3 Å². The van der Waals surface area contributed by atoms with Crippen molar-refractivity contribution >= 4 is 11.6 Å². The van der Waals surface area contributed by atoms with Gasteiger partial charge in [-0.2, -0.15) is 0 Å². The monoisotopic (exact) mass is 278 g/mol. The fourth-order valence-electron chi connectivity index (χ4n) is 1.60. The van der Waals surface area contributed by atoms with E-state index in [-0.39, 0.29) is 11.8 Å². The number of carbonyl (C=O) groups excluding carboxylic acids is 1. The number of amides is 1. The Balaban J connectivity index is 2.57. The van der Waals surface area contributed by atoms with Crippen LogP contribution >= 0.6 is 0 Å². The highest BCUT2D eigenvalue weighted by molar-refractivity contribution is 5.94. The molecule has 20 heavy (non-hydrogen) atoms. The molecule has 1 atom stereocenters. The third kappa shape index (κ3) is 5.61. The van der Waals surface area contributed by atoms with Gasteiger partial charge in [0.1, 0.15) is 5.75 Å². The fraction of sp³-hybridized carbons (Fsp3) is 0.562. The molecule has 0 saturated heterocycles. The van der Waals surface area contributed by atoms with Crippen LogP contribution in [0.5, 0.6) is 5.75 Å². The number of hydrogen-bond acceptors (Lipinski definition) is 3. The summed E-state index contributed by atoms with van der Waals surface area (Å²) in [6, 6.07) is 6.91. The number of hydrogen-bond donors (Lipinski definition) is 2. The van der Waals surface area contributed by atoms with Gasteiger partial charge < -0.3 is 15.8 Å². The van der Waals surface area contributed by atoms with E-state index in [9.17, 15) is 4.79 Å². The molecule has 112 valence electrons. The molecule has 1 amide bonds. The number of ether oxygens (including phenoxy) is 1. The molecule has 0 aromatic heterocycles. The summed E-state index contributed by atoms with van der Waals surface area (Å²) in [5.41, 5.74) is 6.53. The highest BCUT2D eigenvalue weighted by Gasteiger charge is 2.17. The minimum absolute atomic E-state index is 0.112. The van der Waals surface area contributed by atoms with Crippen LogP contribution in [0.4, 0.5) is 5.69 Å². The van der Waals surface area contributed by atoms with Crippen LogP contribution in [0.15, 0.2) is 24.3 Å². The van der Waals surface area contributed by atoms with Crippen LogP contribution < -0.4 is 15.8 Å². The highest BCUT2D eigenvalue weighted by atomic mass is 16.5. The summed E-state index contributed by atoms with van der Waals surface area (Å²) in [7, 11) is 0. The van der Waals surface area contributed by atoms with Crippen LogP contribution in [0, 0.1) is 11.8 Å². The van der Waals surface area contributed by atoms with Crippen molar-refractivity contribution in [1.29, 1.82) is 0 Å². The van der Waals surface area contributed by atoms with Gasteiger partial charge in [0.15, 0.2) is 0 Å². The molecule has 0 fully saturated rings. The normalized spacial score (nSPS) is 12.6. The Morgan fingerprint density at radius 3 is 2.60 bits per heavy atom. The average Bonchev–Trinajstić information content (AvgIpc) is 2.37. The number of nitrogens with one attached hydrogen (secondary N) is 1. The molecular formula is C16H26N2O2. The molecule has 0 unspecified atom stereocenters. The van der Waals surface area contributed by atoms with E-state index in [1.54, 1.807) is 0 Å². The number of carbonyl (C=O) groups is 1. The molecule has 4 heteroatoms. The van der Waals surface area contributed by atoms with E-state index in [1.165, 1.54) is 0 Å². The number of nitrogens with two attached hydrogens (primary N) is 1. The van der Waals surface area contributed by atoms with Crippen LogP contribution in [-0.2, 0) is 4.79 Å². The zero-order chi connectivity index (χ0) is 15.1. The summed E-state index contributed by atoms with van der Waals surface area (Å²) in [5, 5.41) is 2.82. The Hall–Kier alpha value is -1.55. The molecule has 1 aromatic rings. The van der Waals surface area contributed by atoms with Crippen LogP contribution in [0.25, 0.3) is 0 Å². The maximum Gasteiger partial charge on any atom is 0.241 e. The minimum Gasteiger partial charge on any atom is -0.494 e. The Morgan fingerprint density at radius 1 is 1.30 bits per heavy atom. The van der Waals surface area contributed by atoms with Gasteiger partial charge >= 0.3 is 0 Å². The lowest BCUT2D eigenvalue weighted by atomic mass is 10.0. The van der Waals surface area contributed by atoms with Crippen molar-refractivity contribution in [3.8, 4) is 5.75 Å². The van der Waals surface area contributed by atoms with Crippen molar-refractivity contribution in [3.63, 3.8) is 0 Å². The van der Waals surface area contributed by atoms with E-state index in [1.807, 2.05) is 38.1 Å². The Morgan fingerprint density at radius 2 is 2.00 bits per heavy atom. The second-order valence-corrected chi connectivity index (χ2v) is 5.82. The fourth-order valence-corrected chi connectivity index (χ4v) is 1.60. The van der Waals surface area contributed by atoms with Gasteiger partial charge in [-0.1, -0.05) is 33.8 Å². The Kier molecular flexibility index (Phi) is 6.52. The Bertz CT molecular complexity index is 430. The number of anilines is 1.